The van der Waals surface area contributed by atoms with Gasteiger partial charge in [0.15, 0.2) is 11.5 Å². The van der Waals surface area contributed by atoms with Gasteiger partial charge in [0.1, 0.15) is 11.3 Å². The van der Waals surface area contributed by atoms with Gasteiger partial charge in [-0.25, -0.2) is 9.97 Å². The predicted molar refractivity (Wildman–Crippen MR) is 114 cm³/mol. The van der Waals surface area contributed by atoms with Crippen molar-refractivity contribution in [2.75, 3.05) is 30.8 Å². The van der Waals surface area contributed by atoms with Gasteiger partial charge in [-0.05, 0) is 37.3 Å². The summed E-state index contributed by atoms with van der Waals surface area (Å²) < 4.78 is 9.17. The number of rotatable bonds is 5. The van der Waals surface area contributed by atoms with E-state index in [2.05, 4.69) is 25.9 Å². The fourth-order valence-electron chi connectivity index (χ4n) is 4.37. The van der Waals surface area contributed by atoms with E-state index in [9.17, 15) is 0 Å². The number of benzene rings is 1. The predicted octanol–water partition coefficient (Wildman–Crippen LogP) is 2.47. The maximum absolute atomic E-state index is 6.20. The lowest BCUT2D eigenvalue weighted by atomic mass is 10.1. The number of nitrogens with two attached hydrogens (primary N) is 1. The SMILES string of the molecule is COc1cccc2c1nc(N)n1nc([C@@H]3CCN(c4cnn(CC5CC5)c4)C3)nc21. The van der Waals surface area contributed by atoms with E-state index < -0.39 is 0 Å². The van der Waals surface area contributed by atoms with Gasteiger partial charge in [0.05, 0.1) is 19.0 Å². The van der Waals surface area contributed by atoms with Crippen LogP contribution in [0.1, 0.15) is 31.0 Å². The molecule has 154 valence electrons. The van der Waals surface area contributed by atoms with Gasteiger partial charge in [0.2, 0.25) is 5.95 Å². The zero-order valence-corrected chi connectivity index (χ0v) is 16.9. The maximum Gasteiger partial charge on any atom is 0.223 e. The first-order chi connectivity index (χ1) is 14.7. The number of nitrogens with zero attached hydrogens (tertiary/aromatic N) is 7. The molecule has 1 aliphatic heterocycles. The second-order valence-electron chi connectivity index (χ2n) is 8.33. The first-order valence-electron chi connectivity index (χ1n) is 10.5. The highest BCUT2D eigenvalue weighted by molar-refractivity contribution is 5.95. The van der Waals surface area contributed by atoms with Crippen LogP contribution in [0.25, 0.3) is 16.6 Å². The van der Waals surface area contributed by atoms with Gasteiger partial charge in [-0.2, -0.15) is 9.61 Å². The molecule has 1 atom stereocenters. The van der Waals surface area contributed by atoms with Gasteiger partial charge >= 0.3 is 0 Å². The summed E-state index contributed by atoms with van der Waals surface area (Å²) in [5.41, 5.74) is 8.81. The molecule has 1 saturated carbocycles. The van der Waals surface area contributed by atoms with Crippen LogP contribution in [0.3, 0.4) is 0 Å². The van der Waals surface area contributed by atoms with E-state index in [1.165, 1.54) is 18.5 Å². The Kier molecular flexibility index (Phi) is 3.84. The van der Waals surface area contributed by atoms with E-state index >= 15 is 0 Å². The van der Waals surface area contributed by atoms with Crippen molar-refractivity contribution in [2.45, 2.75) is 31.7 Å². The van der Waals surface area contributed by atoms with Crippen molar-refractivity contribution < 1.29 is 4.74 Å². The zero-order valence-electron chi connectivity index (χ0n) is 16.9. The largest absolute Gasteiger partial charge is 0.494 e. The van der Waals surface area contributed by atoms with Crippen LogP contribution >= 0.6 is 0 Å². The van der Waals surface area contributed by atoms with Gasteiger partial charge in [0.25, 0.3) is 0 Å². The first kappa shape index (κ1) is 17.5. The van der Waals surface area contributed by atoms with Crippen molar-refractivity contribution >= 4 is 28.2 Å². The normalized spacial score (nSPS) is 19.2. The van der Waals surface area contributed by atoms with Crippen LogP contribution in [0.5, 0.6) is 5.75 Å². The number of hydrogen-bond donors (Lipinski definition) is 1. The average Bonchev–Trinajstić information content (AvgIpc) is 3.16. The number of methoxy groups -OCH3 is 1. The Morgan fingerprint density at radius 1 is 1.20 bits per heavy atom. The molecule has 2 aliphatic rings. The topological polar surface area (TPSA) is 99.4 Å². The van der Waals surface area contributed by atoms with Crippen molar-refractivity contribution in [2.24, 2.45) is 5.92 Å². The summed E-state index contributed by atoms with van der Waals surface area (Å²) in [6.07, 6.45) is 7.81. The molecule has 0 bridgehead atoms. The summed E-state index contributed by atoms with van der Waals surface area (Å²) in [7, 11) is 1.63. The highest BCUT2D eigenvalue weighted by atomic mass is 16.5. The number of anilines is 2. The Morgan fingerprint density at radius 3 is 2.93 bits per heavy atom. The van der Waals surface area contributed by atoms with Crippen molar-refractivity contribution in [1.29, 1.82) is 0 Å². The fraction of sp³-hybridized carbons (Fsp3) is 0.429. The van der Waals surface area contributed by atoms with Crippen LogP contribution in [0.4, 0.5) is 11.6 Å². The Hall–Kier alpha value is -3.36. The molecule has 30 heavy (non-hydrogen) atoms. The van der Waals surface area contributed by atoms with Gasteiger partial charge in [0, 0.05) is 37.1 Å². The van der Waals surface area contributed by atoms with Crippen LogP contribution in [-0.4, -0.2) is 49.6 Å². The number of para-hydroxylation sites is 1. The molecule has 1 aliphatic carbocycles. The van der Waals surface area contributed by atoms with E-state index in [4.69, 9.17) is 20.6 Å². The lowest BCUT2D eigenvalue weighted by molar-refractivity contribution is 0.419. The Bertz CT molecular complexity index is 1240. The molecule has 0 unspecified atom stereocenters. The summed E-state index contributed by atoms with van der Waals surface area (Å²) in [6, 6.07) is 5.79. The summed E-state index contributed by atoms with van der Waals surface area (Å²) in [6.45, 7) is 2.88. The van der Waals surface area contributed by atoms with E-state index in [0.29, 0.717) is 17.2 Å². The maximum atomic E-state index is 6.20. The summed E-state index contributed by atoms with van der Waals surface area (Å²) >= 11 is 0. The smallest absolute Gasteiger partial charge is 0.223 e. The van der Waals surface area contributed by atoms with E-state index in [0.717, 1.165) is 48.8 Å². The molecular formula is C21H24N8O. The Morgan fingerprint density at radius 2 is 2.10 bits per heavy atom. The molecule has 4 heterocycles. The molecule has 1 saturated heterocycles. The van der Waals surface area contributed by atoms with Gasteiger partial charge in [-0.1, -0.05) is 6.07 Å². The third-order valence-electron chi connectivity index (χ3n) is 6.21. The number of nitrogen functional groups attached to an aromatic ring is 1. The molecule has 0 spiro atoms. The summed E-state index contributed by atoms with van der Waals surface area (Å²) in [4.78, 5) is 11.7. The minimum atomic E-state index is 0.247. The molecule has 9 heteroatoms. The lowest BCUT2D eigenvalue weighted by Crippen LogP contribution is -2.19. The van der Waals surface area contributed by atoms with Crippen LogP contribution in [-0.2, 0) is 6.54 Å². The zero-order chi connectivity index (χ0) is 20.2. The van der Waals surface area contributed by atoms with E-state index in [-0.39, 0.29) is 5.92 Å². The number of hydrogen-bond acceptors (Lipinski definition) is 7. The van der Waals surface area contributed by atoms with Crippen molar-refractivity contribution in [3.63, 3.8) is 0 Å². The van der Waals surface area contributed by atoms with Crippen LogP contribution < -0.4 is 15.4 Å². The second-order valence-corrected chi connectivity index (χ2v) is 8.33. The van der Waals surface area contributed by atoms with E-state index in [1.54, 1.807) is 11.6 Å². The molecule has 6 rings (SSSR count). The minimum absolute atomic E-state index is 0.247. The van der Waals surface area contributed by atoms with Gasteiger partial charge < -0.3 is 15.4 Å². The molecule has 2 fully saturated rings. The van der Waals surface area contributed by atoms with E-state index in [1.807, 2.05) is 24.4 Å². The molecule has 1 aromatic carbocycles. The van der Waals surface area contributed by atoms with Crippen LogP contribution in [0.15, 0.2) is 30.6 Å². The quantitative estimate of drug-likeness (QED) is 0.545. The first-order valence-corrected chi connectivity index (χ1v) is 10.5. The molecule has 2 N–H and O–H groups in total. The lowest BCUT2D eigenvalue weighted by Gasteiger charge is -2.15. The third-order valence-corrected chi connectivity index (χ3v) is 6.21. The standard InChI is InChI=1S/C21H24N8O/c1-30-17-4-2-3-16-18(17)24-21(22)29-20(16)25-19(26-29)14-7-8-27(11-14)15-9-23-28(12-15)10-13-5-6-13/h2-4,9,12-14H,5-8,10-11H2,1H3,(H2,22,24)/t14-/m1/s1. The van der Waals surface area contributed by atoms with Crippen molar-refractivity contribution in [1.82, 2.24) is 29.4 Å². The monoisotopic (exact) mass is 404 g/mol. The van der Waals surface area contributed by atoms with Gasteiger partial charge in [-0.3, -0.25) is 4.68 Å². The van der Waals surface area contributed by atoms with Crippen molar-refractivity contribution in [3.05, 3.63) is 36.4 Å². The van der Waals surface area contributed by atoms with Gasteiger partial charge in [-0.15, -0.1) is 5.10 Å². The van der Waals surface area contributed by atoms with Crippen LogP contribution in [0, 0.1) is 5.92 Å². The second kappa shape index (κ2) is 6.58. The van der Waals surface area contributed by atoms with Crippen molar-refractivity contribution in [3.8, 4) is 5.75 Å². The highest BCUT2D eigenvalue weighted by Gasteiger charge is 2.29. The van der Waals surface area contributed by atoms with Crippen LogP contribution in [0.2, 0.25) is 0 Å². The summed E-state index contributed by atoms with van der Waals surface area (Å²) in [5, 5.41) is 10.1. The average molecular weight is 404 g/mol. The molecular weight excluding hydrogens is 380 g/mol. The summed E-state index contributed by atoms with van der Waals surface area (Å²) in [5.74, 6) is 2.88. The molecule has 4 aromatic rings. The number of aromatic nitrogens is 6. The molecule has 0 amide bonds. The minimum Gasteiger partial charge on any atom is -0.494 e. The number of ether oxygens (including phenoxy) is 1. The molecule has 9 nitrogen and oxygen atoms in total. The Balaban J connectivity index is 1.30. The third kappa shape index (κ3) is 2.84. The number of fused-ring (bicyclic) bond motifs is 3. The highest BCUT2D eigenvalue weighted by Crippen LogP contribution is 2.33. The Labute approximate surface area is 173 Å². The fourth-order valence-corrected chi connectivity index (χ4v) is 4.37. The molecule has 3 aromatic heterocycles. The molecule has 0 radical (unpaired) electrons.